The van der Waals surface area contributed by atoms with Crippen LogP contribution in [0.5, 0.6) is 0 Å². The highest BCUT2D eigenvalue weighted by molar-refractivity contribution is 7.88. The molecular formula is C9H16N2O5S. The summed E-state index contributed by atoms with van der Waals surface area (Å²) in [5, 5.41) is 8.75. The summed E-state index contributed by atoms with van der Waals surface area (Å²) in [7, 11) is -3.34. The van der Waals surface area contributed by atoms with Crippen molar-refractivity contribution in [2.75, 3.05) is 25.9 Å². The van der Waals surface area contributed by atoms with E-state index in [1.807, 2.05) is 0 Å². The van der Waals surface area contributed by atoms with E-state index in [0.717, 1.165) is 6.26 Å². The summed E-state index contributed by atoms with van der Waals surface area (Å²) < 4.78 is 23.9. The van der Waals surface area contributed by atoms with Crippen LogP contribution in [0.1, 0.15) is 13.3 Å². The first-order chi connectivity index (χ1) is 7.71. The molecular weight excluding hydrogens is 248 g/mol. The number of hydrogen-bond donors (Lipinski definition) is 1. The number of amides is 1. The van der Waals surface area contributed by atoms with Gasteiger partial charge in [0.15, 0.2) is 0 Å². The Morgan fingerprint density at radius 2 is 1.94 bits per heavy atom. The van der Waals surface area contributed by atoms with Gasteiger partial charge >= 0.3 is 5.97 Å². The number of aliphatic carboxylic acids is 1. The zero-order valence-corrected chi connectivity index (χ0v) is 10.6. The van der Waals surface area contributed by atoms with Crippen LogP contribution in [0.4, 0.5) is 0 Å². The van der Waals surface area contributed by atoms with Crippen LogP contribution in [0, 0.1) is 0 Å². The first-order valence-corrected chi connectivity index (χ1v) is 7.00. The fourth-order valence-electron chi connectivity index (χ4n) is 1.92. The number of rotatable bonds is 3. The normalized spacial score (nSPS) is 22.5. The van der Waals surface area contributed by atoms with E-state index >= 15 is 0 Å². The predicted octanol–water partition coefficient (Wildman–Crippen LogP) is -1.05. The van der Waals surface area contributed by atoms with Gasteiger partial charge in [-0.15, -0.1) is 0 Å². The Hall–Kier alpha value is -1.15. The third-order valence-electron chi connectivity index (χ3n) is 2.73. The molecule has 1 amide bonds. The molecule has 98 valence electrons. The molecule has 0 aromatic carbocycles. The molecule has 0 saturated carbocycles. The van der Waals surface area contributed by atoms with Crippen LogP contribution in [0.2, 0.25) is 0 Å². The number of nitrogens with zero attached hydrogens (tertiary/aromatic N) is 2. The van der Waals surface area contributed by atoms with Gasteiger partial charge in [0, 0.05) is 26.6 Å². The smallest absolute Gasteiger partial charge is 0.305 e. The lowest BCUT2D eigenvalue weighted by molar-refractivity contribution is -0.141. The lowest BCUT2D eigenvalue weighted by Crippen LogP contribution is -2.56. The van der Waals surface area contributed by atoms with E-state index in [4.69, 9.17) is 5.11 Å². The molecule has 1 atom stereocenters. The summed E-state index contributed by atoms with van der Waals surface area (Å²) in [5.41, 5.74) is 0. The monoisotopic (exact) mass is 264 g/mol. The highest BCUT2D eigenvalue weighted by atomic mass is 32.2. The zero-order valence-electron chi connectivity index (χ0n) is 9.79. The van der Waals surface area contributed by atoms with Crippen molar-refractivity contribution >= 4 is 21.9 Å². The Labute approximate surface area is 100 Å². The van der Waals surface area contributed by atoms with Crippen LogP contribution < -0.4 is 0 Å². The van der Waals surface area contributed by atoms with Crippen LogP contribution in [-0.4, -0.2) is 66.5 Å². The van der Waals surface area contributed by atoms with Crippen LogP contribution in [0.25, 0.3) is 0 Å². The van der Waals surface area contributed by atoms with E-state index in [9.17, 15) is 18.0 Å². The lowest BCUT2D eigenvalue weighted by Gasteiger charge is -2.39. The van der Waals surface area contributed by atoms with Gasteiger partial charge in [0.1, 0.15) is 0 Å². The summed E-state index contributed by atoms with van der Waals surface area (Å²) >= 11 is 0. The number of hydrogen-bond acceptors (Lipinski definition) is 4. The second-order valence-electron chi connectivity index (χ2n) is 4.09. The minimum absolute atomic E-state index is 0.0463. The van der Waals surface area contributed by atoms with E-state index in [-0.39, 0.29) is 32.0 Å². The topological polar surface area (TPSA) is 95.0 Å². The average Bonchev–Trinajstić information content (AvgIpc) is 2.14. The minimum Gasteiger partial charge on any atom is -0.481 e. The Balaban J connectivity index is 2.83. The summed E-state index contributed by atoms with van der Waals surface area (Å²) in [6, 6.07) is -0.589. The average molecular weight is 264 g/mol. The molecule has 1 aliphatic rings. The van der Waals surface area contributed by atoms with E-state index in [1.165, 1.54) is 16.1 Å². The standard InChI is InChI=1S/C9H16N2O5S/c1-7(12)11-4-3-10(17(2,15)16)6-8(11)5-9(13)14/h8H,3-6H2,1-2H3,(H,13,14)/t8-/m1/s1. The van der Waals surface area contributed by atoms with Crippen molar-refractivity contribution in [3.05, 3.63) is 0 Å². The van der Waals surface area contributed by atoms with Crippen LogP contribution in [0.3, 0.4) is 0 Å². The highest BCUT2D eigenvalue weighted by Gasteiger charge is 2.33. The molecule has 1 saturated heterocycles. The molecule has 1 heterocycles. The van der Waals surface area contributed by atoms with E-state index in [2.05, 4.69) is 0 Å². The second kappa shape index (κ2) is 5.01. The van der Waals surface area contributed by atoms with Gasteiger partial charge in [0.2, 0.25) is 15.9 Å². The molecule has 0 radical (unpaired) electrons. The van der Waals surface area contributed by atoms with Gasteiger partial charge in [-0.3, -0.25) is 9.59 Å². The third-order valence-corrected chi connectivity index (χ3v) is 4.00. The van der Waals surface area contributed by atoms with Crippen molar-refractivity contribution in [2.45, 2.75) is 19.4 Å². The van der Waals surface area contributed by atoms with E-state index < -0.39 is 22.0 Å². The lowest BCUT2D eigenvalue weighted by atomic mass is 10.1. The molecule has 1 N–H and O–H groups in total. The number of carbonyl (C=O) groups is 2. The van der Waals surface area contributed by atoms with Crippen molar-refractivity contribution in [1.29, 1.82) is 0 Å². The Morgan fingerprint density at radius 1 is 1.35 bits per heavy atom. The van der Waals surface area contributed by atoms with Crippen LogP contribution in [0.15, 0.2) is 0 Å². The van der Waals surface area contributed by atoms with Crippen molar-refractivity contribution in [1.82, 2.24) is 9.21 Å². The molecule has 1 rings (SSSR count). The SMILES string of the molecule is CC(=O)N1CCN(S(C)(=O)=O)C[C@H]1CC(=O)O. The number of carboxylic acids is 1. The molecule has 0 aromatic heterocycles. The van der Waals surface area contributed by atoms with E-state index in [1.54, 1.807) is 0 Å². The number of piperazine rings is 1. The first kappa shape index (κ1) is 13.9. The Kier molecular flexibility index (Phi) is 4.10. The van der Waals surface area contributed by atoms with Gasteiger partial charge < -0.3 is 10.0 Å². The van der Waals surface area contributed by atoms with Crippen molar-refractivity contribution in [2.24, 2.45) is 0 Å². The van der Waals surface area contributed by atoms with Crippen molar-refractivity contribution in [3.63, 3.8) is 0 Å². The largest absolute Gasteiger partial charge is 0.481 e. The number of sulfonamides is 1. The summed E-state index contributed by atoms with van der Waals surface area (Å²) in [4.78, 5) is 23.4. The van der Waals surface area contributed by atoms with Crippen molar-refractivity contribution in [3.8, 4) is 0 Å². The maximum absolute atomic E-state index is 11.4. The van der Waals surface area contributed by atoms with Gasteiger partial charge in [-0.05, 0) is 0 Å². The molecule has 0 unspecified atom stereocenters. The third kappa shape index (κ3) is 3.67. The minimum atomic E-state index is -3.34. The molecule has 17 heavy (non-hydrogen) atoms. The molecule has 0 spiro atoms. The van der Waals surface area contributed by atoms with Crippen LogP contribution >= 0.6 is 0 Å². The fraction of sp³-hybridized carbons (Fsp3) is 0.778. The van der Waals surface area contributed by atoms with Gasteiger partial charge in [-0.25, -0.2) is 8.42 Å². The molecule has 1 fully saturated rings. The van der Waals surface area contributed by atoms with Gasteiger partial charge in [-0.1, -0.05) is 0 Å². The Morgan fingerprint density at radius 3 is 2.35 bits per heavy atom. The molecule has 0 aromatic rings. The molecule has 7 nitrogen and oxygen atoms in total. The van der Waals surface area contributed by atoms with Gasteiger partial charge in [-0.2, -0.15) is 4.31 Å². The van der Waals surface area contributed by atoms with Crippen molar-refractivity contribution < 1.29 is 23.1 Å². The number of carbonyl (C=O) groups excluding carboxylic acids is 1. The molecule has 1 aliphatic heterocycles. The Bertz CT molecular complexity index is 419. The van der Waals surface area contributed by atoms with Gasteiger partial charge in [0.25, 0.3) is 0 Å². The zero-order chi connectivity index (χ0) is 13.2. The number of carboxylic acid groups (broad SMARTS) is 1. The fourth-order valence-corrected chi connectivity index (χ4v) is 2.77. The quantitative estimate of drug-likeness (QED) is 0.702. The van der Waals surface area contributed by atoms with Gasteiger partial charge in [0.05, 0.1) is 18.7 Å². The summed E-state index contributed by atoms with van der Waals surface area (Å²) in [5.74, 6) is -1.28. The van der Waals surface area contributed by atoms with Crippen LogP contribution in [-0.2, 0) is 19.6 Å². The molecule has 0 aliphatic carbocycles. The summed E-state index contributed by atoms with van der Waals surface area (Å²) in [6.45, 7) is 1.85. The molecule has 8 heteroatoms. The highest BCUT2D eigenvalue weighted by Crippen LogP contribution is 2.15. The van der Waals surface area contributed by atoms with E-state index in [0.29, 0.717) is 0 Å². The maximum Gasteiger partial charge on any atom is 0.305 e. The summed E-state index contributed by atoms with van der Waals surface area (Å²) in [6.07, 6.45) is 0.833. The predicted molar refractivity (Wildman–Crippen MR) is 59.8 cm³/mol. The maximum atomic E-state index is 11.4. The second-order valence-corrected chi connectivity index (χ2v) is 6.07. The first-order valence-electron chi connectivity index (χ1n) is 5.16. The molecule has 0 bridgehead atoms.